The number of rotatable bonds is 1. The van der Waals surface area contributed by atoms with Crippen LogP contribution >= 0.6 is 0 Å². The van der Waals surface area contributed by atoms with Crippen molar-refractivity contribution >= 4 is 17.2 Å². The topological polar surface area (TPSA) is 59.5 Å². The summed E-state index contributed by atoms with van der Waals surface area (Å²) < 4.78 is 1.91. The van der Waals surface area contributed by atoms with E-state index in [1.165, 1.54) is 16.7 Å². The maximum Gasteiger partial charge on any atom is 0.157 e. The van der Waals surface area contributed by atoms with Crippen LogP contribution in [0.25, 0.3) is 5.65 Å². The van der Waals surface area contributed by atoms with Crippen LogP contribution in [0.3, 0.4) is 0 Å². The molecule has 5 nitrogen and oxygen atoms in total. The Morgan fingerprint density at radius 2 is 2.14 bits per heavy atom. The molecule has 4 rings (SSSR count). The van der Waals surface area contributed by atoms with Crippen molar-refractivity contribution in [2.75, 3.05) is 17.2 Å². The van der Waals surface area contributed by atoms with Crippen LogP contribution in [0.1, 0.15) is 16.7 Å². The number of aryl methyl sites for hydroxylation is 1. The second-order valence-corrected chi connectivity index (χ2v) is 5.58. The van der Waals surface area contributed by atoms with Gasteiger partial charge in [0.25, 0.3) is 0 Å². The van der Waals surface area contributed by atoms with Crippen LogP contribution in [0.4, 0.5) is 11.5 Å². The normalized spacial score (nSPS) is 14.4. The van der Waals surface area contributed by atoms with Crippen LogP contribution in [0.15, 0.2) is 36.7 Å². The molecule has 0 saturated heterocycles. The number of nitrogens with zero attached hydrogens (tertiary/aromatic N) is 4. The molecule has 2 N–H and O–H groups in total. The summed E-state index contributed by atoms with van der Waals surface area (Å²) in [6, 6.07) is 10.4. The van der Waals surface area contributed by atoms with Gasteiger partial charge >= 0.3 is 0 Å². The number of hydrogen-bond acceptors (Lipinski definition) is 4. The fourth-order valence-electron chi connectivity index (χ4n) is 3.10. The molecule has 0 atom stereocenters. The minimum Gasteiger partial charge on any atom is -0.398 e. The van der Waals surface area contributed by atoms with E-state index >= 15 is 0 Å². The molecule has 3 aromatic rings. The molecule has 0 spiro atoms. The molecule has 0 bridgehead atoms. The maximum atomic E-state index is 6.08. The minimum atomic E-state index is 0.860. The molecule has 1 aliphatic rings. The third kappa shape index (κ3) is 1.93. The van der Waals surface area contributed by atoms with Crippen LogP contribution in [0, 0.1) is 6.92 Å². The first kappa shape index (κ1) is 12.2. The van der Waals surface area contributed by atoms with Gasteiger partial charge in [0.15, 0.2) is 5.65 Å². The summed E-state index contributed by atoms with van der Waals surface area (Å²) >= 11 is 0. The van der Waals surface area contributed by atoms with E-state index in [0.717, 1.165) is 36.7 Å². The molecule has 3 heterocycles. The molecule has 0 saturated carbocycles. The first-order chi connectivity index (χ1) is 10.2. The van der Waals surface area contributed by atoms with Crippen LogP contribution in [-0.2, 0) is 13.0 Å². The lowest BCUT2D eigenvalue weighted by Crippen LogP contribution is -2.32. The van der Waals surface area contributed by atoms with Crippen molar-refractivity contribution in [2.45, 2.75) is 19.9 Å². The number of pyridine rings is 1. The minimum absolute atomic E-state index is 0.860. The van der Waals surface area contributed by atoms with Gasteiger partial charge in [-0.15, -0.1) is 0 Å². The maximum absolute atomic E-state index is 6.08. The van der Waals surface area contributed by atoms with E-state index in [-0.39, 0.29) is 0 Å². The SMILES string of the molecule is Cc1cc(N2CCc3c(N)cccc3C2)n2ncnc2c1. The molecule has 5 heteroatoms. The summed E-state index contributed by atoms with van der Waals surface area (Å²) in [6.45, 7) is 3.90. The molecule has 21 heavy (non-hydrogen) atoms. The van der Waals surface area contributed by atoms with Crippen LogP contribution in [0.2, 0.25) is 0 Å². The van der Waals surface area contributed by atoms with Gasteiger partial charge in [-0.25, -0.2) is 4.98 Å². The fraction of sp³-hybridized carbons (Fsp3) is 0.250. The van der Waals surface area contributed by atoms with E-state index in [4.69, 9.17) is 5.73 Å². The van der Waals surface area contributed by atoms with E-state index < -0.39 is 0 Å². The van der Waals surface area contributed by atoms with Crippen molar-refractivity contribution in [2.24, 2.45) is 0 Å². The molecule has 1 aromatic carbocycles. The average Bonchev–Trinajstić information content (AvgIpc) is 2.94. The summed E-state index contributed by atoms with van der Waals surface area (Å²) in [7, 11) is 0. The summed E-state index contributed by atoms with van der Waals surface area (Å²) in [4.78, 5) is 6.64. The number of fused-ring (bicyclic) bond motifs is 2. The zero-order valence-corrected chi connectivity index (χ0v) is 12.0. The van der Waals surface area contributed by atoms with Gasteiger partial charge in [0.2, 0.25) is 0 Å². The van der Waals surface area contributed by atoms with E-state index in [1.807, 2.05) is 22.7 Å². The van der Waals surface area contributed by atoms with Gasteiger partial charge in [-0.05, 0) is 48.2 Å². The molecule has 106 valence electrons. The van der Waals surface area contributed by atoms with Crippen LogP contribution in [0.5, 0.6) is 0 Å². The van der Waals surface area contributed by atoms with Gasteiger partial charge in [-0.1, -0.05) is 12.1 Å². The largest absolute Gasteiger partial charge is 0.398 e. The van der Waals surface area contributed by atoms with Crippen molar-refractivity contribution in [3.8, 4) is 0 Å². The van der Waals surface area contributed by atoms with Gasteiger partial charge in [0.1, 0.15) is 12.1 Å². The van der Waals surface area contributed by atoms with E-state index in [1.54, 1.807) is 6.33 Å². The number of nitrogen functional groups attached to an aromatic ring is 1. The summed E-state index contributed by atoms with van der Waals surface area (Å²) in [5.74, 6) is 1.09. The third-order valence-electron chi connectivity index (χ3n) is 4.13. The first-order valence-corrected chi connectivity index (χ1v) is 7.14. The van der Waals surface area contributed by atoms with Crippen molar-refractivity contribution in [3.05, 3.63) is 53.3 Å². The Hall–Kier alpha value is -2.56. The van der Waals surface area contributed by atoms with Crippen molar-refractivity contribution < 1.29 is 0 Å². The molecule has 0 amide bonds. The standard InChI is InChI=1S/C16H17N5/c1-11-7-15-18-10-19-21(15)16(8-11)20-6-5-13-12(9-20)3-2-4-14(13)17/h2-4,7-8,10H,5-6,9,17H2,1H3. The smallest absolute Gasteiger partial charge is 0.157 e. The monoisotopic (exact) mass is 279 g/mol. The van der Waals surface area contributed by atoms with Gasteiger partial charge < -0.3 is 10.6 Å². The van der Waals surface area contributed by atoms with Crippen molar-refractivity contribution in [1.29, 1.82) is 0 Å². The highest BCUT2D eigenvalue weighted by atomic mass is 15.4. The van der Waals surface area contributed by atoms with E-state index in [2.05, 4.69) is 34.0 Å². The third-order valence-corrected chi connectivity index (χ3v) is 4.13. The molecule has 2 aromatic heterocycles. The lowest BCUT2D eigenvalue weighted by Gasteiger charge is -2.31. The average molecular weight is 279 g/mol. The van der Waals surface area contributed by atoms with Crippen molar-refractivity contribution in [1.82, 2.24) is 14.6 Å². The Kier molecular flexibility index (Phi) is 2.60. The van der Waals surface area contributed by atoms with E-state index in [0.29, 0.717) is 0 Å². The molecule has 1 aliphatic heterocycles. The highest BCUT2D eigenvalue weighted by molar-refractivity contribution is 5.58. The number of benzene rings is 1. The van der Waals surface area contributed by atoms with Gasteiger partial charge in [0, 0.05) is 18.8 Å². The second-order valence-electron chi connectivity index (χ2n) is 5.58. The lowest BCUT2D eigenvalue weighted by atomic mass is 9.98. The number of aromatic nitrogens is 3. The number of anilines is 2. The Morgan fingerprint density at radius 1 is 1.24 bits per heavy atom. The quantitative estimate of drug-likeness (QED) is 0.694. The van der Waals surface area contributed by atoms with Crippen molar-refractivity contribution in [3.63, 3.8) is 0 Å². The van der Waals surface area contributed by atoms with Gasteiger partial charge in [0.05, 0.1) is 0 Å². The summed E-state index contributed by atoms with van der Waals surface area (Å²) in [5.41, 5.74) is 11.7. The number of nitrogens with two attached hydrogens (primary N) is 1. The second kappa shape index (κ2) is 4.48. The molecule has 0 fully saturated rings. The molecular formula is C16H17N5. The molecule has 0 radical (unpaired) electrons. The fourth-order valence-corrected chi connectivity index (χ4v) is 3.10. The zero-order valence-electron chi connectivity index (χ0n) is 12.0. The highest BCUT2D eigenvalue weighted by Gasteiger charge is 2.20. The van der Waals surface area contributed by atoms with Gasteiger partial charge in [-0.2, -0.15) is 9.61 Å². The van der Waals surface area contributed by atoms with E-state index in [9.17, 15) is 0 Å². The molecule has 0 aliphatic carbocycles. The Balaban J connectivity index is 1.79. The number of hydrogen-bond donors (Lipinski definition) is 1. The predicted molar refractivity (Wildman–Crippen MR) is 83.3 cm³/mol. The summed E-state index contributed by atoms with van der Waals surface area (Å²) in [5, 5.41) is 4.35. The summed E-state index contributed by atoms with van der Waals surface area (Å²) in [6.07, 6.45) is 2.57. The van der Waals surface area contributed by atoms with Crippen LogP contribution in [-0.4, -0.2) is 21.1 Å². The highest BCUT2D eigenvalue weighted by Crippen LogP contribution is 2.28. The molecule has 0 unspecified atom stereocenters. The molecular weight excluding hydrogens is 262 g/mol. The van der Waals surface area contributed by atoms with Gasteiger partial charge in [-0.3, -0.25) is 0 Å². The Bertz CT molecular complexity index is 821. The lowest BCUT2D eigenvalue weighted by molar-refractivity contribution is 0.706. The zero-order chi connectivity index (χ0) is 14.4. The van der Waals surface area contributed by atoms with Crippen LogP contribution < -0.4 is 10.6 Å². The first-order valence-electron chi connectivity index (χ1n) is 7.14. The predicted octanol–water partition coefficient (Wildman–Crippen LogP) is 2.18. The Labute approximate surface area is 123 Å². The Morgan fingerprint density at radius 3 is 3.05 bits per heavy atom.